The Morgan fingerprint density at radius 3 is 2.69 bits per heavy atom. The number of fused-ring (bicyclic) bond motifs is 1. The molecule has 1 heterocycles. The second-order valence-corrected chi connectivity index (χ2v) is 4.17. The number of aryl methyl sites for hydroxylation is 1. The number of benzene rings is 1. The minimum atomic E-state index is -0.992. The summed E-state index contributed by atoms with van der Waals surface area (Å²) < 4.78 is 1.61. The molecule has 0 saturated heterocycles. The lowest BCUT2D eigenvalue weighted by Crippen LogP contribution is -2.05. The van der Waals surface area contributed by atoms with Crippen LogP contribution in [0.25, 0.3) is 11.0 Å². The van der Waals surface area contributed by atoms with Gasteiger partial charge in [0.15, 0.2) is 0 Å². The number of imidazole rings is 1. The zero-order valence-electron chi connectivity index (χ0n) is 9.56. The summed E-state index contributed by atoms with van der Waals surface area (Å²) in [6.07, 6.45) is 0. The van der Waals surface area contributed by atoms with Gasteiger partial charge < -0.3 is 9.67 Å². The third-order valence-electron chi connectivity index (χ3n) is 2.76. The van der Waals surface area contributed by atoms with Crippen LogP contribution in [-0.2, 0) is 7.05 Å². The highest BCUT2D eigenvalue weighted by Gasteiger charge is 2.16. The molecular formula is C12H14N2O2. The van der Waals surface area contributed by atoms with Gasteiger partial charge in [-0.25, -0.2) is 9.78 Å². The van der Waals surface area contributed by atoms with E-state index in [1.807, 2.05) is 18.2 Å². The molecule has 2 aromatic rings. The van der Waals surface area contributed by atoms with Crippen molar-refractivity contribution in [2.75, 3.05) is 0 Å². The summed E-state index contributed by atoms with van der Waals surface area (Å²) >= 11 is 0. The van der Waals surface area contributed by atoms with Gasteiger partial charge in [0.05, 0.1) is 11.0 Å². The minimum absolute atomic E-state index is 0.0862. The fraction of sp³-hybridized carbons (Fsp3) is 0.333. The molecule has 4 nitrogen and oxygen atoms in total. The first-order valence-electron chi connectivity index (χ1n) is 5.21. The number of carboxylic acids is 1. The van der Waals surface area contributed by atoms with Crippen molar-refractivity contribution in [3.63, 3.8) is 0 Å². The summed E-state index contributed by atoms with van der Waals surface area (Å²) in [5.74, 6) is -0.572. The molecular weight excluding hydrogens is 204 g/mol. The van der Waals surface area contributed by atoms with E-state index in [2.05, 4.69) is 18.8 Å². The van der Waals surface area contributed by atoms with Gasteiger partial charge >= 0.3 is 5.97 Å². The lowest BCUT2D eigenvalue weighted by atomic mass is 10.0. The van der Waals surface area contributed by atoms with Crippen molar-refractivity contribution in [3.05, 3.63) is 29.6 Å². The zero-order valence-corrected chi connectivity index (χ0v) is 9.56. The molecule has 0 saturated carbocycles. The monoisotopic (exact) mass is 218 g/mol. The molecule has 0 amide bonds. The van der Waals surface area contributed by atoms with E-state index in [1.54, 1.807) is 11.6 Å². The molecule has 2 rings (SSSR count). The van der Waals surface area contributed by atoms with Gasteiger partial charge in [-0.15, -0.1) is 0 Å². The van der Waals surface area contributed by atoms with Crippen molar-refractivity contribution in [1.82, 2.24) is 9.55 Å². The molecule has 0 spiro atoms. The lowest BCUT2D eigenvalue weighted by Gasteiger charge is -2.05. The summed E-state index contributed by atoms with van der Waals surface area (Å²) in [6, 6.07) is 5.82. The van der Waals surface area contributed by atoms with Crippen molar-refractivity contribution in [2.24, 2.45) is 7.05 Å². The van der Waals surface area contributed by atoms with Gasteiger partial charge in [0, 0.05) is 7.05 Å². The van der Waals surface area contributed by atoms with E-state index in [9.17, 15) is 4.79 Å². The molecule has 0 atom stereocenters. The Bertz CT molecular complexity index is 555. The van der Waals surface area contributed by atoms with E-state index in [0.29, 0.717) is 5.92 Å². The maximum absolute atomic E-state index is 11.0. The average Bonchev–Trinajstić information content (AvgIpc) is 2.56. The van der Waals surface area contributed by atoms with Gasteiger partial charge in [0.2, 0.25) is 5.82 Å². The van der Waals surface area contributed by atoms with E-state index < -0.39 is 5.97 Å². The molecule has 4 heteroatoms. The van der Waals surface area contributed by atoms with Crippen LogP contribution in [0.4, 0.5) is 0 Å². The molecule has 0 aliphatic rings. The Balaban J connectivity index is 2.80. The SMILES string of the molecule is CC(C)c1cccc2c1nc(C(=O)O)n2C. The molecule has 0 radical (unpaired) electrons. The number of nitrogens with zero attached hydrogens (tertiary/aromatic N) is 2. The second kappa shape index (κ2) is 3.63. The summed E-state index contributed by atoms with van der Waals surface area (Å²) in [5.41, 5.74) is 2.74. The van der Waals surface area contributed by atoms with E-state index >= 15 is 0 Å². The predicted molar refractivity (Wildman–Crippen MR) is 61.8 cm³/mol. The molecule has 0 aliphatic carbocycles. The smallest absolute Gasteiger partial charge is 0.372 e. The first-order chi connectivity index (χ1) is 7.52. The number of aromatic carboxylic acids is 1. The van der Waals surface area contributed by atoms with Gasteiger partial charge in [-0.05, 0) is 17.5 Å². The maximum Gasteiger partial charge on any atom is 0.372 e. The van der Waals surface area contributed by atoms with Crippen LogP contribution in [0.3, 0.4) is 0 Å². The highest BCUT2D eigenvalue weighted by molar-refractivity contribution is 5.91. The summed E-state index contributed by atoms with van der Waals surface area (Å²) in [7, 11) is 1.73. The maximum atomic E-state index is 11.0. The topological polar surface area (TPSA) is 55.1 Å². The third-order valence-corrected chi connectivity index (χ3v) is 2.76. The van der Waals surface area contributed by atoms with E-state index in [-0.39, 0.29) is 5.82 Å². The van der Waals surface area contributed by atoms with Crippen LogP contribution in [0.15, 0.2) is 18.2 Å². The molecule has 0 aliphatic heterocycles. The van der Waals surface area contributed by atoms with Crippen LogP contribution in [-0.4, -0.2) is 20.6 Å². The molecule has 0 unspecified atom stereocenters. The molecule has 1 aromatic carbocycles. The number of carbonyl (C=O) groups is 1. The first kappa shape index (κ1) is 10.7. The van der Waals surface area contributed by atoms with Crippen LogP contribution >= 0.6 is 0 Å². The summed E-state index contributed by atoms with van der Waals surface area (Å²) in [4.78, 5) is 15.2. The van der Waals surface area contributed by atoms with Crippen LogP contribution in [0, 0.1) is 0 Å². The van der Waals surface area contributed by atoms with Gasteiger partial charge in [-0.3, -0.25) is 0 Å². The predicted octanol–water partition coefficient (Wildman–Crippen LogP) is 2.39. The highest BCUT2D eigenvalue weighted by atomic mass is 16.4. The fourth-order valence-corrected chi connectivity index (χ4v) is 1.89. The minimum Gasteiger partial charge on any atom is -0.475 e. The van der Waals surface area contributed by atoms with Gasteiger partial charge in [-0.2, -0.15) is 0 Å². The number of para-hydroxylation sites is 1. The summed E-state index contributed by atoms with van der Waals surface area (Å²) in [5, 5.41) is 9.01. The quantitative estimate of drug-likeness (QED) is 0.842. The lowest BCUT2D eigenvalue weighted by molar-refractivity contribution is 0.0680. The molecule has 1 aromatic heterocycles. The van der Waals surface area contributed by atoms with E-state index in [0.717, 1.165) is 16.6 Å². The van der Waals surface area contributed by atoms with E-state index in [4.69, 9.17) is 5.11 Å². The van der Waals surface area contributed by atoms with Crippen LogP contribution in [0.5, 0.6) is 0 Å². The van der Waals surface area contributed by atoms with Crippen LogP contribution in [0.1, 0.15) is 35.9 Å². The van der Waals surface area contributed by atoms with Gasteiger partial charge in [0.1, 0.15) is 0 Å². The summed E-state index contributed by atoms with van der Waals surface area (Å²) in [6.45, 7) is 4.15. The number of carboxylic acid groups (broad SMARTS) is 1. The van der Waals surface area contributed by atoms with Crippen LogP contribution < -0.4 is 0 Å². The first-order valence-corrected chi connectivity index (χ1v) is 5.21. The number of aromatic nitrogens is 2. The van der Waals surface area contributed by atoms with E-state index in [1.165, 1.54) is 0 Å². The second-order valence-electron chi connectivity index (χ2n) is 4.17. The molecule has 16 heavy (non-hydrogen) atoms. The van der Waals surface area contributed by atoms with Crippen molar-refractivity contribution >= 4 is 17.0 Å². The molecule has 84 valence electrons. The van der Waals surface area contributed by atoms with Crippen molar-refractivity contribution in [1.29, 1.82) is 0 Å². The molecule has 0 bridgehead atoms. The molecule has 0 fully saturated rings. The third kappa shape index (κ3) is 1.46. The van der Waals surface area contributed by atoms with Crippen molar-refractivity contribution < 1.29 is 9.90 Å². The molecule has 1 N–H and O–H groups in total. The highest BCUT2D eigenvalue weighted by Crippen LogP contribution is 2.25. The number of hydrogen-bond donors (Lipinski definition) is 1. The number of rotatable bonds is 2. The Labute approximate surface area is 93.5 Å². The Kier molecular flexibility index (Phi) is 2.42. The van der Waals surface area contributed by atoms with Crippen molar-refractivity contribution in [2.45, 2.75) is 19.8 Å². The average molecular weight is 218 g/mol. The van der Waals surface area contributed by atoms with Gasteiger partial charge in [-0.1, -0.05) is 26.0 Å². The zero-order chi connectivity index (χ0) is 11.9. The Hall–Kier alpha value is -1.84. The van der Waals surface area contributed by atoms with Crippen molar-refractivity contribution in [3.8, 4) is 0 Å². The van der Waals surface area contributed by atoms with Crippen LogP contribution in [0.2, 0.25) is 0 Å². The largest absolute Gasteiger partial charge is 0.475 e. The standard InChI is InChI=1S/C12H14N2O2/c1-7(2)8-5-4-6-9-10(8)13-11(12(15)16)14(9)3/h4-7H,1-3H3,(H,15,16). The van der Waals surface area contributed by atoms with Gasteiger partial charge in [0.25, 0.3) is 0 Å². The number of hydrogen-bond acceptors (Lipinski definition) is 2. The fourth-order valence-electron chi connectivity index (χ4n) is 1.89. The Morgan fingerprint density at radius 2 is 2.12 bits per heavy atom. The Morgan fingerprint density at radius 1 is 1.44 bits per heavy atom. The normalized spacial score (nSPS) is 11.2.